The van der Waals surface area contributed by atoms with Crippen LogP contribution in [0.2, 0.25) is 0 Å². The number of rotatable bonds is 4. The van der Waals surface area contributed by atoms with Gasteiger partial charge in [0.25, 0.3) is 0 Å². The number of amides is 2. The quantitative estimate of drug-likeness (QED) is 0.705. The Kier molecular flexibility index (Phi) is 6.57. The fourth-order valence-corrected chi connectivity index (χ4v) is 4.25. The van der Waals surface area contributed by atoms with Crippen LogP contribution in [-0.2, 0) is 9.59 Å². The molecule has 1 aromatic rings. The predicted molar refractivity (Wildman–Crippen MR) is 109 cm³/mol. The van der Waals surface area contributed by atoms with Gasteiger partial charge in [0.2, 0.25) is 11.8 Å². The minimum Gasteiger partial charge on any atom is -0.396 e. The second-order valence-corrected chi connectivity index (χ2v) is 8.31. The second-order valence-electron chi connectivity index (χ2n) is 7.50. The van der Waals surface area contributed by atoms with Gasteiger partial charge in [-0.2, -0.15) is 0 Å². The number of nitrogens with two attached hydrogens (primary N) is 1. The predicted octanol–water partition coefficient (Wildman–Crippen LogP) is 2.34. The lowest BCUT2D eigenvalue weighted by molar-refractivity contribution is -0.142. The highest BCUT2D eigenvalue weighted by atomic mass is 79.9. The number of anilines is 2. The van der Waals surface area contributed by atoms with Gasteiger partial charge in [-0.3, -0.25) is 9.59 Å². The van der Waals surface area contributed by atoms with E-state index in [-0.39, 0.29) is 17.7 Å². The van der Waals surface area contributed by atoms with Gasteiger partial charge in [-0.05, 0) is 59.7 Å². The van der Waals surface area contributed by atoms with Crippen molar-refractivity contribution >= 4 is 39.2 Å². The molecule has 2 heterocycles. The molecule has 0 aromatic carbocycles. The third-order valence-corrected chi connectivity index (χ3v) is 6.12. The van der Waals surface area contributed by atoms with Crippen LogP contribution in [-0.4, -0.2) is 59.3 Å². The lowest BCUT2D eigenvalue weighted by Gasteiger charge is -2.37. The highest BCUT2D eigenvalue weighted by Crippen LogP contribution is 2.31. The van der Waals surface area contributed by atoms with Gasteiger partial charge in [-0.15, -0.1) is 0 Å². The Labute approximate surface area is 168 Å². The molecule has 0 unspecified atom stereocenters. The molecule has 1 aliphatic carbocycles. The van der Waals surface area contributed by atoms with Crippen LogP contribution in [0.3, 0.4) is 0 Å². The van der Waals surface area contributed by atoms with Gasteiger partial charge in [0, 0.05) is 45.6 Å². The number of nitrogens with zero attached hydrogens (tertiary/aromatic N) is 3. The van der Waals surface area contributed by atoms with Gasteiger partial charge in [0.1, 0.15) is 4.60 Å². The van der Waals surface area contributed by atoms with Crippen LogP contribution in [0.4, 0.5) is 11.5 Å². The van der Waals surface area contributed by atoms with E-state index in [1.165, 1.54) is 0 Å². The molecule has 0 spiro atoms. The van der Waals surface area contributed by atoms with Gasteiger partial charge in [0.15, 0.2) is 5.82 Å². The number of pyridine rings is 1. The van der Waals surface area contributed by atoms with Crippen molar-refractivity contribution in [2.24, 2.45) is 11.8 Å². The molecule has 2 amide bonds. The minimum atomic E-state index is 0.0932. The summed E-state index contributed by atoms with van der Waals surface area (Å²) in [5.74, 6) is 1.73. The number of halogens is 1. The number of hydrogen-bond acceptors (Lipinski definition) is 5. The standard InChI is InChI=1S/C19H28BrN5O2/c1-13(26)24-8-10-25(11-9-24)19(27)15-4-2-14(3-5-15)12-22-18-16(21)6-7-17(20)23-18/h6-7,14-15H,2-5,8-12,21H2,1H3,(H,22,23). The van der Waals surface area contributed by atoms with Gasteiger partial charge < -0.3 is 20.9 Å². The van der Waals surface area contributed by atoms with Gasteiger partial charge in [-0.1, -0.05) is 0 Å². The number of piperazine rings is 1. The van der Waals surface area contributed by atoms with Crippen molar-refractivity contribution in [2.45, 2.75) is 32.6 Å². The van der Waals surface area contributed by atoms with E-state index in [1.54, 1.807) is 6.92 Å². The molecule has 8 heteroatoms. The van der Waals surface area contributed by atoms with E-state index < -0.39 is 0 Å². The second kappa shape index (κ2) is 8.91. The van der Waals surface area contributed by atoms with Crippen molar-refractivity contribution in [3.63, 3.8) is 0 Å². The molecular formula is C19H28BrN5O2. The Morgan fingerprint density at radius 2 is 1.78 bits per heavy atom. The maximum Gasteiger partial charge on any atom is 0.225 e. The van der Waals surface area contributed by atoms with E-state index in [0.29, 0.717) is 43.6 Å². The molecule has 1 saturated heterocycles. The van der Waals surface area contributed by atoms with Crippen LogP contribution in [0.25, 0.3) is 0 Å². The number of carbonyl (C=O) groups excluding carboxylic acids is 2. The Morgan fingerprint density at radius 3 is 2.41 bits per heavy atom. The molecule has 2 aliphatic rings. The first kappa shape index (κ1) is 19.9. The number of aromatic nitrogens is 1. The zero-order valence-electron chi connectivity index (χ0n) is 15.8. The number of nitrogen functional groups attached to an aromatic ring is 1. The van der Waals surface area contributed by atoms with Crippen molar-refractivity contribution in [3.8, 4) is 0 Å². The molecule has 148 valence electrons. The molecule has 1 saturated carbocycles. The zero-order valence-corrected chi connectivity index (χ0v) is 17.4. The summed E-state index contributed by atoms with van der Waals surface area (Å²) in [5.41, 5.74) is 6.60. The van der Waals surface area contributed by atoms with E-state index in [1.807, 2.05) is 21.9 Å². The summed E-state index contributed by atoms with van der Waals surface area (Å²) in [7, 11) is 0. The summed E-state index contributed by atoms with van der Waals surface area (Å²) >= 11 is 3.36. The van der Waals surface area contributed by atoms with Crippen molar-refractivity contribution in [1.29, 1.82) is 0 Å². The maximum atomic E-state index is 12.8. The summed E-state index contributed by atoms with van der Waals surface area (Å²) in [4.78, 5) is 32.3. The van der Waals surface area contributed by atoms with E-state index in [0.717, 1.165) is 36.8 Å². The average molecular weight is 438 g/mol. The zero-order chi connectivity index (χ0) is 19.4. The average Bonchev–Trinajstić information content (AvgIpc) is 2.68. The molecule has 0 atom stereocenters. The van der Waals surface area contributed by atoms with Crippen molar-refractivity contribution < 1.29 is 9.59 Å². The first-order valence-corrected chi connectivity index (χ1v) is 10.4. The monoisotopic (exact) mass is 437 g/mol. The van der Waals surface area contributed by atoms with Crippen LogP contribution >= 0.6 is 15.9 Å². The first-order valence-electron chi connectivity index (χ1n) is 9.64. The van der Waals surface area contributed by atoms with Gasteiger partial charge >= 0.3 is 0 Å². The van der Waals surface area contributed by atoms with Gasteiger partial charge in [0.05, 0.1) is 5.69 Å². The lowest BCUT2D eigenvalue weighted by Crippen LogP contribution is -2.51. The molecule has 1 aliphatic heterocycles. The first-order chi connectivity index (χ1) is 12.9. The SMILES string of the molecule is CC(=O)N1CCN(C(=O)C2CCC(CNc3nc(Br)ccc3N)CC2)CC1. The molecule has 1 aromatic heterocycles. The van der Waals surface area contributed by atoms with E-state index in [4.69, 9.17) is 5.73 Å². The minimum absolute atomic E-state index is 0.0932. The molecule has 3 N–H and O–H groups in total. The third kappa shape index (κ3) is 5.12. The van der Waals surface area contributed by atoms with E-state index in [9.17, 15) is 9.59 Å². The summed E-state index contributed by atoms with van der Waals surface area (Å²) in [6, 6.07) is 3.66. The van der Waals surface area contributed by atoms with Crippen molar-refractivity contribution in [2.75, 3.05) is 43.8 Å². The van der Waals surface area contributed by atoms with Crippen LogP contribution in [0.5, 0.6) is 0 Å². The van der Waals surface area contributed by atoms with E-state index >= 15 is 0 Å². The molecular weight excluding hydrogens is 410 g/mol. The van der Waals surface area contributed by atoms with Gasteiger partial charge in [-0.25, -0.2) is 4.98 Å². The number of hydrogen-bond donors (Lipinski definition) is 2. The van der Waals surface area contributed by atoms with Crippen LogP contribution in [0.1, 0.15) is 32.6 Å². The fourth-order valence-electron chi connectivity index (χ4n) is 3.94. The normalized spacial score (nSPS) is 23.2. The smallest absolute Gasteiger partial charge is 0.225 e. The molecule has 0 radical (unpaired) electrons. The van der Waals surface area contributed by atoms with E-state index in [2.05, 4.69) is 26.2 Å². The molecule has 3 rings (SSSR count). The lowest BCUT2D eigenvalue weighted by atomic mass is 9.81. The highest BCUT2D eigenvalue weighted by Gasteiger charge is 2.31. The van der Waals surface area contributed by atoms with Crippen LogP contribution < -0.4 is 11.1 Å². The Morgan fingerprint density at radius 1 is 1.15 bits per heavy atom. The summed E-state index contributed by atoms with van der Waals surface area (Å²) in [5, 5.41) is 3.35. The fraction of sp³-hybridized carbons (Fsp3) is 0.632. The van der Waals surface area contributed by atoms with Crippen LogP contribution in [0.15, 0.2) is 16.7 Å². The number of carbonyl (C=O) groups is 2. The maximum absolute atomic E-state index is 12.8. The Balaban J connectivity index is 1.43. The largest absolute Gasteiger partial charge is 0.396 e. The van der Waals surface area contributed by atoms with Crippen molar-refractivity contribution in [1.82, 2.24) is 14.8 Å². The van der Waals surface area contributed by atoms with Crippen molar-refractivity contribution in [3.05, 3.63) is 16.7 Å². The Bertz CT molecular complexity index is 683. The highest BCUT2D eigenvalue weighted by molar-refractivity contribution is 9.10. The van der Waals surface area contributed by atoms with Crippen LogP contribution in [0, 0.1) is 11.8 Å². The summed E-state index contributed by atoms with van der Waals surface area (Å²) in [6.07, 6.45) is 3.93. The Hall–Kier alpha value is -1.83. The third-order valence-electron chi connectivity index (χ3n) is 5.68. The topological polar surface area (TPSA) is 91.6 Å². The molecule has 0 bridgehead atoms. The number of nitrogens with one attached hydrogen (secondary N) is 1. The molecule has 7 nitrogen and oxygen atoms in total. The summed E-state index contributed by atoms with van der Waals surface area (Å²) in [6.45, 7) is 5.04. The molecule has 27 heavy (non-hydrogen) atoms. The summed E-state index contributed by atoms with van der Waals surface area (Å²) < 4.78 is 0.762. The molecule has 2 fully saturated rings.